The lowest BCUT2D eigenvalue weighted by atomic mass is 9.71. The molecule has 2 rings (SSSR count). The first-order valence-corrected chi connectivity index (χ1v) is 10.2. The first kappa shape index (κ1) is 19.7. The number of rotatable bonds is 8. The lowest BCUT2D eigenvalue weighted by Gasteiger charge is -2.36. The van der Waals surface area contributed by atoms with Gasteiger partial charge < -0.3 is 16.0 Å². The zero-order valence-corrected chi connectivity index (χ0v) is 16.0. The third kappa shape index (κ3) is 6.36. The van der Waals surface area contributed by atoms with Crippen molar-refractivity contribution in [2.45, 2.75) is 71.6 Å². The molecule has 1 heterocycles. The minimum absolute atomic E-state index is 0.0859. The second kappa shape index (κ2) is 9.76. The summed E-state index contributed by atoms with van der Waals surface area (Å²) in [5.74, 6) is 1.67. The number of hydrogen-bond donors (Lipinski definition) is 2. The Morgan fingerprint density at radius 3 is 2.46 bits per heavy atom. The van der Waals surface area contributed by atoms with Gasteiger partial charge in [0.25, 0.3) is 0 Å². The van der Waals surface area contributed by atoms with Crippen LogP contribution in [0.4, 0.5) is 0 Å². The maximum absolute atomic E-state index is 12.4. The summed E-state index contributed by atoms with van der Waals surface area (Å²) >= 11 is 0. The van der Waals surface area contributed by atoms with E-state index >= 15 is 0 Å². The van der Waals surface area contributed by atoms with Gasteiger partial charge in [-0.05, 0) is 75.5 Å². The monoisotopic (exact) mass is 337 g/mol. The number of nitrogens with one attached hydrogen (secondary N) is 1. The molecule has 1 saturated heterocycles. The van der Waals surface area contributed by atoms with E-state index in [-0.39, 0.29) is 11.3 Å². The summed E-state index contributed by atoms with van der Waals surface area (Å²) in [6, 6.07) is 0. The lowest BCUT2D eigenvalue weighted by Crippen LogP contribution is -2.42. The van der Waals surface area contributed by atoms with Gasteiger partial charge in [-0.1, -0.05) is 33.1 Å². The quantitative estimate of drug-likeness (QED) is 0.715. The van der Waals surface area contributed by atoms with Crippen LogP contribution in [0.25, 0.3) is 0 Å². The molecule has 0 atom stereocenters. The van der Waals surface area contributed by atoms with Crippen molar-refractivity contribution < 1.29 is 4.79 Å². The van der Waals surface area contributed by atoms with Gasteiger partial charge >= 0.3 is 0 Å². The van der Waals surface area contributed by atoms with Gasteiger partial charge in [-0.2, -0.15) is 0 Å². The van der Waals surface area contributed by atoms with Crippen LogP contribution in [0.1, 0.15) is 71.6 Å². The van der Waals surface area contributed by atoms with Crippen LogP contribution >= 0.6 is 0 Å². The Labute approximate surface area is 148 Å². The molecule has 0 unspecified atom stereocenters. The Bertz CT molecular complexity index is 369. The van der Waals surface area contributed by atoms with E-state index in [1.807, 2.05) is 0 Å². The number of piperidine rings is 1. The van der Waals surface area contributed by atoms with Gasteiger partial charge in [-0.3, -0.25) is 4.79 Å². The summed E-state index contributed by atoms with van der Waals surface area (Å²) in [5.41, 5.74) is 6.09. The van der Waals surface area contributed by atoms with Crippen LogP contribution in [0.15, 0.2) is 0 Å². The molecule has 1 amide bonds. The largest absolute Gasteiger partial charge is 0.356 e. The third-order valence-corrected chi connectivity index (χ3v) is 6.20. The van der Waals surface area contributed by atoms with Crippen molar-refractivity contribution in [3.8, 4) is 0 Å². The summed E-state index contributed by atoms with van der Waals surface area (Å²) in [4.78, 5) is 15.0. The number of likely N-dealkylation sites (tertiary alicyclic amines) is 1. The Kier molecular flexibility index (Phi) is 8.02. The van der Waals surface area contributed by atoms with E-state index in [1.54, 1.807) is 0 Å². The van der Waals surface area contributed by atoms with Crippen LogP contribution in [-0.2, 0) is 4.79 Å². The Morgan fingerprint density at radius 1 is 1.21 bits per heavy atom. The van der Waals surface area contributed by atoms with Gasteiger partial charge in [-0.25, -0.2) is 0 Å². The molecule has 2 fully saturated rings. The van der Waals surface area contributed by atoms with E-state index in [0.29, 0.717) is 18.9 Å². The molecule has 4 heteroatoms. The van der Waals surface area contributed by atoms with Crippen LogP contribution in [0.3, 0.4) is 0 Å². The predicted molar refractivity (Wildman–Crippen MR) is 101 cm³/mol. The summed E-state index contributed by atoms with van der Waals surface area (Å²) in [5, 5.41) is 3.21. The number of nitrogens with two attached hydrogens (primary N) is 1. The predicted octanol–water partition coefficient (Wildman–Crippen LogP) is 3.16. The van der Waals surface area contributed by atoms with E-state index < -0.39 is 0 Å². The molecule has 0 spiro atoms. The number of carbonyl (C=O) groups excluding carboxylic acids is 1. The van der Waals surface area contributed by atoms with E-state index in [0.717, 1.165) is 25.3 Å². The molecule has 0 bridgehead atoms. The standard InChI is InChI=1S/C20H39N3O/c1-17(2)6-11-23-12-7-18(8-13-23)15-22-19(24)14-20(16-21)9-4-3-5-10-20/h17-18H,3-16,21H2,1-2H3,(H,22,24). The molecule has 24 heavy (non-hydrogen) atoms. The van der Waals surface area contributed by atoms with Crippen molar-refractivity contribution in [3.05, 3.63) is 0 Å². The van der Waals surface area contributed by atoms with Crippen molar-refractivity contribution in [3.63, 3.8) is 0 Å². The molecule has 1 saturated carbocycles. The molecule has 0 aromatic heterocycles. The van der Waals surface area contributed by atoms with Crippen LogP contribution in [0, 0.1) is 17.3 Å². The molecular formula is C20H39N3O. The molecule has 0 radical (unpaired) electrons. The first-order chi connectivity index (χ1) is 11.5. The Hall–Kier alpha value is -0.610. The van der Waals surface area contributed by atoms with Crippen LogP contribution in [0.5, 0.6) is 0 Å². The molecule has 0 aromatic rings. The molecule has 1 aliphatic heterocycles. The van der Waals surface area contributed by atoms with E-state index in [4.69, 9.17) is 5.73 Å². The zero-order valence-electron chi connectivity index (χ0n) is 16.0. The van der Waals surface area contributed by atoms with Crippen molar-refractivity contribution in [1.82, 2.24) is 10.2 Å². The SMILES string of the molecule is CC(C)CCN1CCC(CNC(=O)CC2(CN)CCCCC2)CC1. The highest BCUT2D eigenvalue weighted by molar-refractivity contribution is 5.76. The minimum Gasteiger partial charge on any atom is -0.356 e. The average Bonchev–Trinajstić information content (AvgIpc) is 2.60. The summed E-state index contributed by atoms with van der Waals surface area (Å²) < 4.78 is 0. The minimum atomic E-state index is 0.0859. The molecule has 2 aliphatic rings. The lowest BCUT2D eigenvalue weighted by molar-refractivity contribution is -0.124. The molecule has 4 nitrogen and oxygen atoms in total. The highest BCUT2D eigenvalue weighted by Gasteiger charge is 2.33. The second-order valence-electron chi connectivity index (χ2n) is 8.71. The van der Waals surface area contributed by atoms with Gasteiger partial charge in [0.15, 0.2) is 0 Å². The van der Waals surface area contributed by atoms with Crippen molar-refractivity contribution in [1.29, 1.82) is 0 Å². The van der Waals surface area contributed by atoms with Crippen molar-refractivity contribution in [2.24, 2.45) is 23.0 Å². The smallest absolute Gasteiger partial charge is 0.220 e. The summed E-state index contributed by atoms with van der Waals surface area (Å²) in [7, 11) is 0. The molecule has 0 aromatic carbocycles. The first-order valence-electron chi connectivity index (χ1n) is 10.2. The number of hydrogen-bond acceptors (Lipinski definition) is 3. The number of amides is 1. The highest BCUT2D eigenvalue weighted by atomic mass is 16.1. The fraction of sp³-hybridized carbons (Fsp3) is 0.950. The normalized spacial score (nSPS) is 22.7. The molecule has 3 N–H and O–H groups in total. The molecular weight excluding hydrogens is 298 g/mol. The van der Waals surface area contributed by atoms with Gasteiger partial charge in [0.1, 0.15) is 0 Å². The number of carbonyl (C=O) groups is 1. The number of nitrogens with zero attached hydrogens (tertiary/aromatic N) is 1. The van der Waals surface area contributed by atoms with Crippen LogP contribution < -0.4 is 11.1 Å². The summed E-state index contributed by atoms with van der Waals surface area (Å²) in [6.07, 6.45) is 10.4. The van der Waals surface area contributed by atoms with E-state index in [2.05, 4.69) is 24.1 Å². The van der Waals surface area contributed by atoms with Crippen molar-refractivity contribution >= 4 is 5.91 Å². The van der Waals surface area contributed by atoms with Gasteiger partial charge in [0.2, 0.25) is 5.91 Å². The molecule has 1 aliphatic carbocycles. The zero-order chi connectivity index (χ0) is 17.4. The van der Waals surface area contributed by atoms with Gasteiger partial charge in [-0.15, -0.1) is 0 Å². The van der Waals surface area contributed by atoms with Crippen LogP contribution in [0.2, 0.25) is 0 Å². The highest BCUT2D eigenvalue weighted by Crippen LogP contribution is 2.38. The fourth-order valence-electron chi connectivity index (χ4n) is 4.27. The van der Waals surface area contributed by atoms with Gasteiger partial charge in [0, 0.05) is 13.0 Å². The Balaban J connectivity index is 1.64. The van der Waals surface area contributed by atoms with Crippen LogP contribution in [-0.4, -0.2) is 43.5 Å². The Morgan fingerprint density at radius 2 is 1.88 bits per heavy atom. The van der Waals surface area contributed by atoms with E-state index in [9.17, 15) is 4.79 Å². The maximum atomic E-state index is 12.4. The summed E-state index contributed by atoms with van der Waals surface area (Å²) in [6.45, 7) is 9.73. The maximum Gasteiger partial charge on any atom is 0.220 e. The third-order valence-electron chi connectivity index (χ3n) is 6.20. The van der Waals surface area contributed by atoms with Crippen molar-refractivity contribution in [2.75, 3.05) is 32.7 Å². The molecule has 140 valence electrons. The second-order valence-corrected chi connectivity index (χ2v) is 8.71. The topological polar surface area (TPSA) is 58.4 Å². The van der Waals surface area contributed by atoms with Gasteiger partial charge in [0.05, 0.1) is 0 Å². The average molecular weight is 338 g/mol. The van der Waals surface area contributed by atoms with E-state index in [1.165, 1.54) is 58.2 Å². The fourth-order valence-corrected chi connectivity index (χ4v) is 4.27.